The van der Waals surface area contributed by atoms with Gasteiger partial charge in [0.15, 0.2) is 0 Å². The maximum atomic E-state index is 6.22. The molecule has 0 radical (unpaired) electrons. The van der Waals surface area contributed by atoms with E-state index in [4.69, 9.17) is 5.73 Å². The molecule has 2 aromatic rings. The molecule has 1 aliphatic heterocycles. The van der Waals surface area contributed by atoms with Gasteiger partial charge in [-0.3, -0.25) is 0 Å². The molecule has 1 aliphatic rings. The molecule has 1 heterocycles. The number of hydrogen-bond acceptors (Lipinski definition) is 3. The van der Waals surface area contributed by atoms with Crippen molar-refractivity contribution in [3.8, 4) is 0 Å². The Morgan fingerprint density at radius 2 is 1.52 bits per heavy atom. The van der Waals surface area contributed by atoms with E-state index < -0.39 is 0 Å². The lowest BCUT2D eigenvalue weighted by molar-refractivity contribution is 0.654. The molecule has 1 fully saturated rings. The Hall–Kier alpha value is -2.16. The molecule has 3 nitrogen and oxygen atoms in total. The third-order valence-electron chi connectivity index (χ3n) is 4.29. The summed E-state index contributed by atoms with van der Waals surface area (Å²) in [6.45, 7) is 8.33. The van der Waals surface area contributed by atoms with E-state index >= 15 is 0 Å². The summed E-state index contributed by atoms with van der Waals surface area (Å²) in [5, 5.41) is 0. The van der Waals surface area contributed by atoms with Crippen LogP contribution in [0.1, 0.15) is 11.1 Å². The maximum absolute atomic E-state index is 6.22. The van der Waals surface area contributed by atoms with Crippen LogP contribution in [0, 0.1) is 13.8 Å². The van der Waals surface area contributed by atoms with Crippen molar-refractivity contribution in [1.29, 1.82) is 0 Å². The minimum atomic E-state index is 0.918. The number of hydrogen-bond donors (Lipinski definition) is 1. The zero-order chi connectivity index (χ0) is 14.8. The highest BCUT2D eigenvalue weighted by molar-refractivity contribution is 5.71. The van der Waals surface area contributed by atoms with Gasteiger partial charge in [-0.15, -0.1) is 0 Å². The molecule has 0 aromatic heterocycles. The summed E-state index contributed by atoms with van der Waals surface area (Å²) in [4.78, 5) is 4.85. The number of nitrogens with two attached hydrogens (primary N) is 1. The molecule has 0 saturated carbocycles. The Morgan fingerprint density at radius 1 is 0.857 bits per heavy atom. The molecule has 3 rings (SSSR count). The lowest BCUT2D eigenvalue weighted by Crippen LogP contribution is -2.46. The van der Waals surface area contributed by atoms with E-state index in [1.165, 1.54) is 16.9 Å². The molecule has 3 heteroatoms. The van der Waals surface area contributed by atoms with Gasteiger partial charge in [0.2, 0.25) is 0 Å². The van der Waals surface area contributed by atoms with Crippen LogP contribution in [0.3, 0.4) is 0 Å². The molecule has 21 heavy (non-hydrogen) atoms. The summed E-state index contributed by atoms with van der Waals surface area (Å²) in [6.07, 6.45) is 0. The monoisotopic (exact) mass is 281 g/mol. The van der Waals surface area contributed by atoms with Gasteiger partial charge in [0.1, 0.15) is 0 Å². The molecule has 0 aliphatic carbocycles. The fourth-order valence-electron chi connectivity index (χ4n) is 2.97. The molecule has 2 N–H and O–H groups in total. The number of benzene rings is 2. The number of para-hydroxylation sites is 1. The second-order valence-corrected chi connectivity index (χ2v) is 5.82. The SMILES string of the molecule is Cc1cccc(N2CCN(c3cccc(C)c3N)CC2)c1. The summed E-state index contributed by atoms with van der Waals surface area (Å²) >= 11 is 0. The highest BCUT2D eigenvalue weighted by Crippen LogP contribution is 2.28. The van der Waals surface area contributed by atoms with Gasteiger partial charge in [-0.05, 0) is 43.2 Å². The first-order valence-electron chi connectivity index (χ1n) is 7.57. The van der Waals surface area contributed by atoms with E-state index in [9.17, 15) is 0 Å². The first-order chi connectivity index (χ1) is 10.1. The van der Waals surface area contributed by atoms with Crippen LogP contribution >= 0.6 is 0 Å². The van der Waals surface area contributed by atoms with Crippen molar-refractivity contribution in [3.63, 3.8) is 0 Å². The van der Waals surface area contributed by atoms with Gasteiger partial charge < -0.3 is 15.5 Å². The Kier molecular flexibility index (Phi) is 3.74. The highest BCUT2D eigenvalue weighted by Gasteiger charge is 2.19. The van der Waals surface area contributed by atoms with E-state index in [2.05, 4.69) is 66.1 Å². The van der Waals surface area contributed by atoms with Crippen molar-refractivity contribution < 1.29 is 0 Å². The fourth-order valence-corrected chi connectivity index (χ4v) is 2.97. The summed E-state index contributed by atoms with van der Waals surface area (Å²) in [5.74, 6) is 0. The van der Waals surface area contributed by atoms with Crippen LogP contribution in [0.2, 0.25) is 0 Å². The summed E-state index contributed by atoms with van der Waals surface area (Å²) in [7, 11) is 0. The Bertz CT molecular complexity index is 628. The highest BCUT2D eigenvalue weighted by atomic mass is 15.3. The number of nitrogens with zero attached hydrogens (tertiary/aromatic N) is 2. The number of nitrogen functional groups attached to an aromatic ring is 1. The minimum absolute atomic E-state index is 0.918. The molecular formula is C18H23N3. The topological polar surface area (TPSA) is 32.5 Å². The van der Waals surface area contributed by atoms with Crippen LogP contribution in [-0.2, 0) is 0 Å². The van der Waals surface area contributed by atoms with Crippen molar-refractivity contribution in [2.45, 2.75) is 13.8 Å². The molecule has 0 unspecified atom stereocenters. The van der Waals surface area contributed by atoms with Crippen molar-refractivity contribution >= 4 is 17.1 Å². The largest absolute Gasteiger partial charge is 0.397 e. The minimum Gasteiger partial charge on any atom is -0.397 e. The second-order valence-electron chi connectivity index (χ2n) is 5.82. The van der Waals surface area contributed by atoms with Crippen LogP contribution in [0.15, 0.2) is 42.5 Å². The normalized spacial score (nSPS) is 15.3. The molecular weight excluding hydrogens is 258 g/mol. The average molecular weight is 281 g/mol. The summed E-state index contributed by atoms with van der Waals surface area (Å²) < 4.78 is 0. The molecule has 110 valence electrons. The van der Waals surface area contributed by atoms with Gasteiger partial charge in [-0.2, -0.15) is 0 Å². The quantitative estimate of drug-likeness (QED) is 0.858. The Morgan fingerprint density at radius 3 is 2.24 bits per heavy atom. The van der Waals surface area contributed by atoms with E-state index in [0.717, 1.165) is 37.4 Å². The number of aryl methyl sites for hydroxylation is 2. The van der Waals surface area contributed by atoms with Gasteiger partial charge in [-0.25, -0.2) is 0 Å². The van der Waals surface area contributed by atoms with E-state index in [1.807, 2.05) is 0 Å². The van der Waals surface area contributed by atoms with Gasteiger partial charge >= 0.3 is 0 Å². The van der Waals surface area contributed by atoms with E-state index in [1.54, 1.807) is 0 Å². The third-order valence-corrected chi connectivity index (χ3v) is 4.29. The lowest BCUT2D eigenvalue weighted by atomic mass is 10.1. The van der Waals surface area contributed by atoms with Crippen LogP contribution in [-0.4, -0.2) is 26.2 Å². The lowest BCUT2D eigenvalue weighted by Gasteiger charge is -2.38. The molecule has 2 aromatic carbocycles. The first kappa shape index (κ1) is 13.8. The standard InChI is InChI=1S/C18H23N3/c1-14-5-3-7-16(13-14)20-9-11-21(12-10-20)17-8-4-6-15(2)18(17)19/h3-8,13H,9-12,19H2,1-2H3. The number of piperazine rings is 1. The van der Waals surface area contributed by atoms with Gasteiger partial charge in [0.25, 0.3) is 0 Å². The van der Waals surface area contributed by atoms with E-state index in [-0.39, 0.29) is 0 Å². The van der Waals surface area contributed by atoms with Crippen LogP contribution in [0.5, 0.6) is 0 Å². The van der Waals surface area contributed by atoms with Gasteiger partial charge in [-0.1, -0.05) is 24.3 Å². The predicted octanol–water partition coefficient (Wildman–Crippen LogP) is 3.21. The number of rotatable bonds is 2. The average Bonchev–Trinajstić information content (AvgIpc) is 2.50. The number of anilines is 3. The molecule has 0 amide bonds. The smallest absolute Gasteiger partial charge is 0.0603 e. The zero-order valence-electron chi connectivity index (χ0n) is 12.8. The maximum Gasteiger partial charge on any atom is 0.0603 e. The first-order valence-corrected chi connectivity index (χ1v) is 7.57. The molecule has 1 saturated heterocycles. The Labute approximate surface area is 127 Å². The van der Waals surface area contributed by atoms with Crippen molar-refractivity contribution in [2.75, 3.05) is 41.7 Å². The van der Waals surface area contributed by atoms with Crippen molar-refractivity contribution in [2.24, 2.45) is 0 Å². The van der Waals surface area contributed by atoms with Crippen LogP contribution in [0.25, 0.3) is 0 Å². The molecule has 0 spiro atoms. The van der Waals surface area contributed by atoms with Crippen LogP contribution in [0.4, 0.5) is 17.1 Å². The molecule has 0 atom stereocenters. The van der Waals surface area contributed by atoms with Crippen LogP contribution < -0.4 is 15.5 Å². The zero-order valence-corrected chi connectivity index (χ0v) is 12.8. The predicted molar refractivity (Wildman–Crippen MR) is 91.2 cm³/mol. The second kappa shape index (κ2) is 5.68. The molecule has 0 bridgehead atoms. The summed E-state index contributed by atoms with van der Waals surface area (Å²) in [5.41, 5.74) is 12.1. The Balaban J connectivity index is 1.72. The van der Waals surface area contributed by atoms with Gasteiger partial charge in [0.05, 0.1) is 11.4 Å². The van der Waals surface area contributed by atoms with Gasteiger partial charge in [0, 0.05) is 31.9 Å². The van der Waals surface area contributed by atoms with Crippen molar-refractivity contribution in [1.82, 2.24) is 0 Å². The fraction of sp³-hybridized carbons (Fsp3) is 0.333. The van der Waals surface area contributed by atoms with Crippen molar-refractivity contribution in [3.05, 3.63) is 53.6 Å². The van der Waals surface area contributed by atoms with E-state index in [0.29, 0.717) is 0 Å². The summed E-state index contributed by atoms with van der Waals surface area (Å²) in [6, 6.07) is 15.0. The third kappa shape index (κ3) is 2.82.